The molecule has 0 unspecified atom stereocenters. The molecule has 0 amide bonds. The van der Waals surface area contributed by atoms with Gasteiger partial charge in [-0.05, 0) is 35.9 Å². The van der Waals surface area contributed by atoms with E-state index >= 15 is 4.39 Å². The molecule has 0 bridgehead atoms. The Kier molecular flexibility index (Phi) is 7.54. The topological polar surface area (TPSA) is 120 Å². The van der Waals surface area contributed by atoms with Gasteiger partial charge >= 0.3 is 12.7 Å². The van der Waals surface area contributed by atoms with Crippen molar-refractivity contribution in [3.05, 3.63) is 102 Å². The molecule has 44 heavy (non-hydrogen) atoms. The van der Waals surface area contributed by atoms with Crippen LogP contribution in [0.2, 0.25) is 5.02 Å². The standard InChI is InChI=1S/C26H16ClF6N11/c27-18-2-4-20(43-13-36-40-41-43)23(24(18)28)15-1-3-19(35-9-15)21(8-17-11-38-44(39-17)25(29)30)42-12-16(10-37-42)14-5-6-34-22(7-14)26(31,32)33/h1-7,9-13,21,25H,8H2/p+1/t21-/m1/s1. The summed E-state index contributed by atoms with van der Waals surface area (Å²) in [5.74, 6) is -0.715. The number of nitrogens with one attached hydrogen (secondary N) is 1. The van der Waals surface area contributed by atoms with Gasteiger partial charge in [0.1, 0.15) is 16.5 Å². The van der Waals surface area contributed by atoms with Gasteiger partial charge in [-0.2, -0.15) is 37.2 Å². The van der Waals surface area contributed by atoms with Gasteiger partial charge in [-0.3, -0.25) is 14.6 Å². The summed E-state index contributed by atoms with van der Waals surface area (Å²) in [6, 6.07) is 7.62. The number of benzene rings is 1. The lowest BCUT2D eigenvalue weighted by atomic mass is 10.0. The lowest BCUT2D eigenvalue weighted by Crippen LogP contribution is -2.33. The zero-order valence-corrected chi connectivity index (χ0v) is 22.7. The van der Waals surface area contributed by atoms with Crippen LogP contribution in [0.5, 0.6) is 0 Å². The largest absolute Gasteiger partial charge is 0.433 e. The van der Waals surface area contributed by atoms with Gasteiger partial charge in [-0.1, -0.05) is 22.9 Å². The molecule has 6 rings (SSSR count). The van der Waals surface area contributed by atoms with E-state index in [1.807, 2.05) is 0 Å². The molecule has 1 aromatic carbocycles. The number of halogens is 7. The summed E-state index contributed by atoms with van der Waals surface area (Å²) in [7, 11) is 0. The monoisotopic (exact) mass is 632 g/mol. The SMILES string of the molecule is Fc1c(Cl)ccc(-[n+]2cnn[nH]2)c1-c1ccc([C@@H](Cc2cnn(C(F)F)n2)n2cc(-c3ccnc(C(F)(F)F)c3)cn2)nc1. The van der Waals surface area contributed by atoms with Crippen molar-refractivity contribution in [2.45, 2.75) is 25.2 Å². The van der Waals surface area contributed by atoms with Gasteiger partial charge in [0, 0.05) is 36.1 Å². The third kappa shape index (κ3) is 5.72. The highest BCUT2D eigenvalue weighted by molar-refractivity contribution is 6.31. The van der Waals surface area contributed by atoms with E-state index in [1.165, 1.54) is 52.6 Å². The first-order valence-corrected chi connectivity index (χ1v) is 13.0. The second kappa shape index (κ2) is 11.5. The zero-order valence-electron chi connectivity index (χ0n) is 21.9. The van der Waals surface area contributed by atoms with Crippen LogP contribution in [0.15, 0.2) is 73.7 Å². The summed E-state index contributed by atoms with van der Waals surface area (Å²) in [4.78, 5) is 8.14. The molecule has 1 atom stereocenters. The van der Waals surface area contributed by atoms with E-state index in [0.717, 1.165) is 12.3 Å². The van der Waals surface area contributed by atoms with Crippen LogP contribution in [0, 0.1) is 5.82 Å². The fraction of sp³-hybridized carbons (Fsp3) is 0.154. The van der Waals surface area contributed by atoms with Crippen molar-refractivity contribution < 1.29 is 31.0 Å². The Hall–Kier alpha value is -5.19. The number of hydrogen-bond acceptors (Lipinski definition) is 7. The number of alkyl halides is 5. The molecule has 224 valence electrons. The summed E-state index contributed by atoms with van der Waals surface area (Å²) in [5, 5.41) is 21.5. The molecule has 11 nitrogen and oxygen atoms in total. The summed E-state index contributed by atoms with van der Waals surface area (Å²) >= 11 is 6.07. The van der Waals surface area contributed by atoms with Crippen molar-refractivity contribution in [2.75, 3.05) is 0 Å². The van der Waals surface area contributed by atoms with E-state index in [9.17, 15) is 22.0 Å². The van der Waals surface area contributed by atoms with Gasteiger partial charge in [0.05, 0.1) is 40.4 Å². The van der Waals surface area contributed by atoms with Gasteiger partial charge in [0.15, 0.2) is 11.0 Å². The molecule has 0 aliphatic carbocycles. The van der Waals surface area contributed by atoms with E-state index in [1.54, 1.807) is 18.2 Å². The minimum atomic E-state index is -4.65. The molecule has 5 aromatic heterocycles. The number of pyridine rings is 2. The number of aromatic nitrogens is 11. The van der Waals surface area contributed by atoms with E-state index in [4.69, 9.17) is 11.6 Å². The van der Waals surface area contributed by atoms with Gasteiger partial charge < -0.3 is 0 Å². The Morgan fingerprint density at radius 3 is 2.48 bits per heavy atom. The van der Waals surface area contributed by atoms with Gasteiger partial charge in [-0.25, -0.2) is 4.39 Å². The highest BCUT2D eigenvalue weighted by atomic mass is 35.5. The van der Waals surface area contributed by atoms with Crippen LogP contribution < -0.4 is 4.68 Å². The van der Waals surface area contributed by atoms with Crippen LogP contribution in [-0.4, -0.2) is 50.3 Å². The smallest absolute Gasteiger partial charge is 0.263 e. The highest BCUT2D eigenvalue weighted by Gasteiger charge is 2.32. The van der Waals surface area contributed by atoms with Crippen LogP contribution in [0.3, 0.4) is 0 Å². The quantitative estimate of drug-likeness (QED) is 0.185. The zero-order chi connectivity index (χ0) is 31.0. The molecule has 0 fully saturated rings. The minimum Gasteiger partial charge on any atom is -0.263 e. The van der Waals surface area contributed by atoms with Gasteiger partial charge in [0.2, 0.25) is 0 Å². The molecule has 0 saturated heterocycles. The van der Waals surface area contributed by atoms with Crippen LogP contribution >= 0.6 is 11.6 Å². The number of hydrogen-bond donors (Lipinski definition) is 1. The summed E-state index contributed by atoms with van der Waals surface area (Å²) in [6.45, 7) is -2.96. The average Bonchev–Trinajstić information content (AvgIpc) is 3.80. The number of rotatable bonds is 8. The van der Waals surface area contributed by atoms with Crippen molar-refractivity contribution in [1.29, 1.82) is 0 Å². The Morgan fingerprint density at radius 2 is 1.80 bits per heavy atom. The van der Waals surface area contributed by atoms with E-state index < -0.39 is 30.3 Å². The summed E-state index contributed by atoms with van der Waals surface area (Å²) in [6.07, 6.45) is 3.12. The van der Waals surface area contributed by atoms with E-state index in [2.05, 4.69) is 40.8 Å². The number of tetrazole rings is 1. The Labute approximate surface area is 247 Å². The fourth-order valence-corrected chi connectivity index (χ4v) is 4.67. The van der Waals surface area contributed by atoms with E-state index in [0.29, 0.717) is 22.5 Å². The molecular formula is C26H17ClF6N11+. The van der Waals surface area contributed by atoms with Crippen molar-refractivity contribution in [1.82, 2.24) is 50.3 Å². The Balaban J connectivity index is 1.39. The normalized spacial score (nSPS) is 12.6. The maximum absolute atomic E-state index is 15.3. The Morgan fingerprint density at radius 1 is 0.955 bits per heavy atom. The van der Waals surface area contributed by atoms with Gasteiger partial charge in [-0.15, -0.1) is 9.48 Å². The van der Waals surface area contributed by atoms with Crippen molar-refractivity contribution >= 4 is 11.6 Å². The molecule has 0 radical (unpaired) electrons. The van der Waals surface area contributed by atoms with Crippen molar-refractivity contribution in [3.63, 3.8) is 0 Å². The first-order chi connectivity index (χ1) is 21.1. The molecule has 6 aromatic rings. The first kappa shape index (κ1) is 28.9. The van der Waals surface area contributed by atoms with Gasteiger partial charge in [0.25, 0.3) is 6.33 Å². The number of aromatic amines is 1. The average molecular weight is 633 g/mol. The lowest BCUT2D eigenvalue weighted by Gasteiger charge is -2.17. The van der Waals surface area contributed by atoms with Crippen LogP contribution in [0.4, 0.5) is 26.3 Å². The first-order valence-electron chi connectivity index (χ1n) is 12.6. The minimum absolute atomic E-state index is 0.0171. The molecule has 18 heteroatoms. The second-order valence-corrected chi connectivity index (χ2v) is 9.73. The molecule has 0 aliphatic rings. The predicted molar refractivity (Wildman–Crippen MR) is 140 cm³/mol. The lowest BCUT2D eigenvalue weighted by molar-refractivity contribution is -0.659. The third-order valence-electron chi connectivity index (χ3n) is 6.56. The predicted octanol–water partition coefficient (Wildman–Crippen LogP) is 5.03. The highest BCUT2D eigenvalue weighted by Crippen LogP contribution is 2.33. The molecular weight excluding hydrogens is 616 g/mol. The fourth-order valence-electron chi connectivity index (χ4n) is 4.51. The molecule has 1 N–H and O–H groups in total. The van der Waals surface area contributed by atoms with Crippen LogP contribution in [0.25, 0.3) is 27.9 Å². The molecule has 0 saturated carbocycles. The van der Waals surface area contributed by atoms with Crippen molar-refractivity contribution in [3.8, 4) is 27.9 Å². The molecule has 0 spiro atoms. The van der Waals surface area contributed by atoms with Crippen LogP contribution in [0.1, 0.15) is 29.7 Å². The maximum atomic E-state index is 15.3. The summed E-state index contributed by atoms with van der Waals surface area (Å²) in [5.41, 5.74) is 0.796. The molecule has 5 heterocycles. The Bertz CT molecular complexity index is 1900. The maximum Gasteiger partial charge on any atom is 0.433 e. The van der Waals surface area contributed by atoms with E-state index in [-0.39, 0.29) is 33.1 Å². The molecule has 0 aliphatic heterocycles. The number of H-pyrrole nitrogens is 1. The third-order valence-corrected chi connectivity index (χ3v) is 6.86. The number of nitrogens with zero attached hydrogens (tertiary/aromatic N) is 10. The summed E-state index contributed by atoms with van der Waals surface area (Å²) < 4.78 is 84.1. The van der Waals surface area contributed by atoms with Crippen LogP contribution in [-0.2, 0) is 12.6 Å². The van der Waals surface area contributed by atoms with Crippen molar-refractivity contribution in [2.24, 2.45) is 0 Å². The second-order valence-electron chi connectivity index (χ2n) is 9.32.